The van der Waals surface area contributed by atoms with Gasteiger partial charge >= 0.3 is 0 Å². The first kappa shape index (κ1) is 14.2. The van der Waals surface area contributed by atoms with E-state index in [1.165, 1.54) is 11.8 Å². The Kier molecular flexibility index (Phi) is 5.07. The maximum Gasteiger partial charge on any atom is 0.230 e. The number of H-pyrrole nitrogens is 1. The lowest BCUT2D eigenvalue weighted by Crippen LogP contribution is -2.28. The molecule has 1 aromatic carbocycles. The molecule has 7 heteroatoms. The van der Waals surface area contributed by atoms with Crippen molar-refractivity contribution in [1.29, 1.82) is 0 Å². The molecule has 0 saturated heterocycles. The number of benzene rings is 1. The minimum Gasteiger partial charge on any atom is -0.383 e. The van der Waals surface area contributed by atoms with Crippen LogP contribution in [-0.2, 0) is 9.53 Å². The largest absolute Gasteiger partial charge is 0.383 e. The Hall–Kier alpha value is -1.24. The minimum atomic E-state index is -0.0412. The third kappa shape index (κ3) is 4.12. The second-order valence-electron chi connectivity index (χ2n) is 3.83. The second kappa shape index (κ2) is 6.79. The Bertz CT molecular complexity index is 573. The molecule has 0 bridgehead atoms. The van der Waals surface area contributed by atoms with Gasteiger partial charge in [0.2, 0.25) is 5.91 Å². The maximum atomic E-state index is 11.5. The summed E-state index contributed by atoms with van der Waals surface area (Å²) in [6.07, 6.45) is 0. The molecule has 19 heavy (non-hydrogen) atoms. The fourth-order valence-electron chi connectivity index (χ4n) is 1.50. The fourth-order valence-corrected chi connectivity index (χ4v) is 2.39. The standard InChI is InChI=1S/C12H14ClN3O2S/c1-18-5-4-14-11(17)7-19-12-15-9-3-2-8(13)6-10(9)16-12/h2-3,6H,4-5,7H2,1H3,(H,14,17)(H,15,16). The van der Waals surface area contributed by atoms with Crippen molar-refractivity contribution in [1.82, 2.24) is 15.3 Å². The van der Waals surface area contributed by atoms with Gasteiger partial charge < -0.3 is 15.0 Å². The summed E-state index contributed by atoms with van der Waals surface area (Å²) >= 11 is 7.25. The number of rotatable bonds is 6. The number of carbonyl (C=O) groups excluding carboxylic acids is 1. The van der Waals surface area contributed by atoms with E-state index < -0.39 is 0 Å². The number of halogens is 1. The summed E-state index contributed by atoms with van der Waals surface area (Å²) < 4.78 is 4.85. The van der Waals surface area contributed by atoms with Crippen molar-refractivity contribution in [2.45, 2.75) is 5.16 Å². The first-order valence-corrected chi connectivity index (χ1v) is 7.09. The van der Waals surface area contributed by atoms with E-state index in [9.17, 15) is 4.79 Å². The number of thioether (sulfide) groups is 1. The normalized spacial score (nSPS) is 10.8. The lowest BCUT2D eigenvalue weighted by molar-refractivity contribution is -0.118. The molecule has 0 radical (unpaired) electrons. The molecule has 0 saturated carbocycles. The maximum absolute atomic E-state index is 11.5. The van der Waals surface area contributed by atoms with Crippen LogP contribution in [0, 0.1) is 0 Å². The van der Waals surface area contributed by atoms with Crippen LogP contribution in [0.5, 0.6) is 0 Å². The molecular formula is C12H14ClN3O2S. The Morgan fingerprint density at radius 2 is 2.42 bits per heavy atom. The van der Waals surface area contributed by atoms with E-state index in [1.807, 2.05) is 12.1 Å². The third-order valence-corrected chi connectivity index (χ3v) is 3.50. The number of hydrogen-bond acceptors (Lipinski definition) is 4. The van der Waals surface area contributed by atoms with Crippen LogP contribution in [0.2, 0.25) is 5.02 Å². The summed E-state index contributed by atoms with van der Waals surface area (Å²) in [6.45, 7) is 1.03. The smallest absolute Gasteiger partial charge is 0.230 e. The summed E-state index contributed by atoms with van der Waals surface area (Å²) in [4.78, 5) is 19.0. The number of methoxy groups -OCH3 is 1. The molecule has 0 spiro atoms. The van der Waals surface area contributed by atoms with Crippen LogP contribution in [0.3, 0.4) is 0 Å². The van der Waals surface area contributed by atoms with Gasteiger partial charge in [0, 0.05) is 18.7 Å². The highest BCUT2D eigenvalue weighted by atomic mass is 35.5. The van der Waals surface area contributed by atoms with E-state index in [2.05, 4.69) is 15.3 Å². The highest BCUT2D eigenvalue weighted by Gasteiger charge is 2.07. The van der Waals surface area contributed by atoms with Crippen molar-refractivity contribution in [3.8, 4) is 0 Å². The molecular weight excluding hydrogens is 286 g/mol. The predicted molar refractivity (Wildman–Crippen MR) is 76.7 cm³/mol. The Labute approximate surface area is 120 Å². The van der Waals surface area contributed by atoms with E-state index >= 15 is 0 Å². The molecule has 2 aromatic rings. The van der Waals surface area contributed by atoms with Crippen LogP contribution >= 0.6 is 23.4 Å². The Balaban J connectivity index is 1.89. The monoisotopic (exact) mass is 299 g/mol. The molecule has 2 rings (SSSR count). The first-order valence-electron chi connectivity index (χ1n) is 5.73. The van der Waals surface area contributed by atoms with E-state index in [4.69, 9.17) is 16.3 Å². The Morgan fingerprint density at radius 3 is 3.21 bits per heavy atom. The lowest BCUT2D eigenvalue weighted by Gasteiger charge is -2.02. The van der Waals surface area contributed by atoms with Crippen molar-refractivity contribution in [3.05, 3.63) is 23.2 Å². The number of fused-ring (bicyclic) bond motifs is 1. The van der Waals surface area contributed by atoms with Crippen LogP contribution in [0.15, 0.2) is 23.4 Å². The molecule has 0 fully saturated rings. The number of nitrogens with one attached hydrogen (secondary N) is 2. The van der Waals surface area contributed by atoms with E-state index in [-0.39, 0.29) is 5.91 Å². The topological polar surface area (TPSA) is 67.0 Å². The summed E-state index contributed by atoms with van der Waals surface area (Å²) in [5.41, 5.74) is 1.71. The highest BCUT2D eigenvalue weighted by molar-refractivity contribution is 7.99. The summed E-state index contributed by atoms with van der Waals surface area (Å²) in [5, 5.41) is 4.11. The van der Waals surface area contributed by atoms with Gasteiger partial charge in [-0.05, 0) is 18.2 Å². The van der Waals surface area contributed by atoms with Gasteiger partial charge in [0.25, 0.3) is 0 Å². The summed E-state index contributed by atoms with van der Waals surface area (Å²) in [7, 11) is 1.60. The highest BCUT2D eigenvalue weighted by Crippen LogP contribution is 2.21. The number of imidazole rings is 1. The van der Waals surface area contributed by atoms with Gasteiger partial charge in [-0.15, -0.1) is 0 Å². The molecule has 0 atom stereocenters. The quantitative estimate of drug-likeness (QED) is 0.633. The van der Waals surface area contributed by atoms with Gasteiger partial charge in [-0.3, -0.25) is 4.79 Å². The first-order chi connectivity index (χ1) is 9.19. The predicted octanol–water partition coefficient (Wildman–Crippen LogP) is 2.07. The summed E-state index contributed by atoms with van der Waals surface area (Å²) in [5.74, 6) is 0.276. The Morgan fingerprint density at radius 1 is 1.58 bits per heavy atom. The molecule has 0 aliphatic rings. The van der Waals surface area contributed by atoms with Crippen LogP contribution < -0.4 is 5.32 Å². The van der Waals surface area contributed by atoms with Crippen molar-refractivity contribution in [2.75, 3.05) is 26.0 Å². The molecule has 1 amide bonds. The van der Waals surface area contributed by atoms with Crippen molar-refractivity contribution >= 4 is 40.3 Å². The lowest BCUT2D eigenvalue weighted by atomic mass is 10.3. The van der Waals surface area contributed by atoms with Crippen LogP contribution in [0.25, 0.3) is 11.0 Å². The molecule has 0 unspecified atom stereocenters. The number of hydrogen-bond donors (Lipinski definition) is 2. The fraction of sp³-hybridized carbons (Fsp3) is 0.333. The van der Waals surface area contributed by atoms with Gasteiger partial charge in [0.15, 0.2) is 5.16 Å². The number of nitrogens with zero attached hydrogens (tertiary/aromatic N) is 1. The van der Waals surface area contributed by atoms with Crippen molar-refractivity contribution in [2.24, 2.45) is 0 Å². The van der Waals surface area contributed by atoms with Crippen LogP contribution in [0.4, 0.5) is 0 Å². The molecule has 102 valence electrons. The number of carbonyl (C=O) groups is 1. The average Bonchev–Trinajstić information content (AvgIpc) is 2.78. The van der Waals surface area contributed by atoms with Gasteiger partial charge in [-0.25, -0.2) is 4.98 Å². The SMILES string of the molecule is COCCNC(=O)CSc1nc2ccc(Cl)cc2[nH]1. The average molecular weight is 300 g/mol. The zero-order valence-electron chi connectivity index (χ0n) is 10.4. The third-order valence-electron chi connectivity index (χ3n) is 2.39. The summed E-state index contributed by atoms with van der Waals surface area (Å²) in [6, 6.07) is 5.44. The number of aromatic nitrogens is 2. The second-order valence-corrected chi connectivity index (χ2v) is 5.24. The van der Waals surface area contributed by atoms with Crippen LogP contribution in [0.1, 0.15) is 0 Å². The van der Waals surface area contributed by atoms with E-state index in [0.29, 0.717) is 29.1 Å². The molecule has 0 aliphatic carbocycles. The van der Waals surface area contributed by atoms with Gasteiger partial charge in [-0.2, -0.15) is 0 Å². The van der Waals surface area contributed by atoms with E-state index in [1.54, 1.807) is 13.2 Å². The van der Waals surface area contributed by atoms with Crippen molar-refractivity contribution in [3.63, 3.8) is 0 Å². The van der Waals surface area contributed by atoms with Gasteiger partial charge in [0.1, 0.15) is 0 Å². The molecule has 1 heterocycles. The number of aromatic amines is 1. The number of ether oxygens (including phenoxy) is 1. The molecule has 0 aliphatic heterocycles. The minimum absolute atomic E-state index is 0.0412. The molecule has 2 N–H and O–H groups in total. The zero-order chi connectivity index (χ0) is 13.7. The van der Waals surface area contributed by atoms with Crippen molar-refractivity contribution < 1.29 is 9.53 Å². The molecule has 1 aromatic heterocycles. The van der Waals surface area contributed by atoms with Gasteiger partial charge in [0.05, 0.1) is 23.4 Å². The van der Waals surface area contributed by atoms with Gasteiger partial charge in [-0.1, -0.05) is 23.4 Å². The molecule has 5 nitrogen and oxygen atoms in total. The van der Waals surface area contributed by atoms with E-state index in [0.717, 1.165) is 11.0 Å². The van der Waals surface area contributed by atoms with Crippen LogP contribution in [-0.4, -0.2) is 41.9 Å². The number of amides is 1. The zero-order valence-corrected chi connectivity index (χ0v) is 12.0.